The second-order valence-electron chi connectivity index (χ2n) is 16.4. The number of hydrogen-bond donors (Lipinski definition) is 2. The Labute approximate surface area is 385 Å². The van der Waals surface area contributed by atoms with Gasteiger partial charge in [0, 0.05) is 77.1 Å². The predicted molar refractivity (Wildman–Crippen MR) is 243 cm³/mol. The number of esters is 1. The average molecular weight is 947 g/mol. The minimum Gasteiger partial charge on any atom is -0.494 e. The van der Waals surface area contributed by atoms with Crippen LogP contribution in [0, 0.1) is 29.1 Å². The van der Waals surface area contributed by atoms with Crippen LogP contribution in [0.5, 0.6) is 17.2 Å². The summed E-state index contributed by atoms with van der Waals surface area (Å²) in [6, 6.07) is 19.1. The van der Waals surface area contributed by atoms with E-state index in [4.69, 9.17) is 9.47 Å². The van der Waals surface area contributed by atoms with E-state index in [0.29, 0.717) is 86.1 Å². The summed E-state index contributed by atoms with van der Waals surface area (Å²) in [4.78, 5) is 57.3. The fraction of sp³-hybridized carbons (Fsp3) is 0.208. The normalized spacial score (nSPS) is 14.5. The number of halogens is 5. The van der Waals surface area contributed by atoms with Crippen molar-refractivity contribution in [3.8, 4) is 17.2 Å². The van der Waals surface area contributed by atoms with E-state index < -0.39 is 40.8 Å². The molecule has 0 unspecified atom stereocenters. The van der Waals surface area contributed by atoms with E-state index in [1.165, 1.54) is 17.4 Å². The molecule has 2 N–H and O–H groups in total. The van der Waals surface area contributed by atoms with Gasteiger partial charge >= 0.3 is 5.97 Å². The molecule has 0 aliphatic carbocycles. The molecule has 3 aromatic heterocycles. The van der Waals surface area contributed by atoms with E-state index in [-0.39, 0.29) is 24.1 Å². The summed E-state index contributed by atoms with van der Waals surface area (Å²) in [7, 11) is 3.21. The first-order chi connectivity index (χ1) is 32.9. The van der Waals surface area contributed by atoms with E-state index >= 15 is 0 Å². The standard InChI is InChI=1S/C48H35F5N8O6S/c1-65-36-21-35(59-13-3-4-14-59)37(66-2)20-30(36)57-58-48-56-29-6-5-22(17-38(29)68-48)45(62)60-15-11-23-25-18-31(54-27(25)7-9-33(23)60)46(63)61-16-12-24-26-19-32(55-28(26)8-10-34(24)61)47(64)67-44-42(52)40(50)39(49)41(51)43(44)53/h5-10,17-21,54-55H,3-4,11-16H2,1-2H3/b58-57+. The lowest BCUT2D eigenvalue weighted by molar-refractivity contribution is 0.0710. The monoisotopic (exact) mass is 946 g/mol. The Kier molecular flexibility index (Phi) is 10.4. The molecule has 0 bridgehead atoms. The minimum absolute atomic E-state index is 0.193. The van der Waals surface area contributed by atoms with Gasteiger partial charge in [0.05, 0.1) is 30.1 Å². The third-order valence-electron chi connectivity index (χ3n) is 12.6. The van der Waals surface area contributed by atoms with Crippen LogP contribution < -0.4 is 28.9 Å². The number of fused-ring (bicyclic) bond motifs is 7. The number of nitrogens with one attached hydrogen (secondary N) is 2. The summed E-state index contributed by atoms with van der Waals surface area (Å²) in [6.45, 7) is 2.59. The Balaban J connectivity index is 0.804. The number of nitrogens with zero attached hydrogens (tertiary/aromatic N) is 6. The van der Waals surface area contributed by atoms with Crippen molar-refractivity contribution in [2.24, 2.45) is 10.2 Å². The highest BCUT2D eigenvalue weighted by Gasteiger charge is 2.33. The van der Waals surface area contributed by atoms with Crippen LogP contribution >= 0.6 is 11.3 Å². The van der Waals surface area contributed by atoms with Crippen LogP contribution in [-0.4, -0.2) is 73.1 Å². The van der Waals surface area contributed by atoms with Crippen LogP contribution in [0.15, 0.2) is 77.0 Å². The zero-order valence-electron chi connectivity index (χ0n) is 35.9. The fourth-order valence-electron chi connectivity index (χ4n) is 9.33. The van der Waals surface area contributed by atoms with Crippen molar-refractivity contribution in [1.82, 2.24) is 15.0 Å². The van der Waals surface area contributed by atoms with Gasteiger partial charge in [-0.05, 0) is 91.4 Å². The van der Waals surface area contributed by atoms with Crippen LogP contribution in [0.2, 0.25) is 0 Å². The third-order valence-corrected chi connectivity index (χ3v) is 13.5. The molecule has 0 saturated carbocycles. The summed E-state index contributed by atoms with van der Waals surface area (Å²) < 4.78 is 86.3. The molecule has 8 aromatic rings. The van der Waals surface area contributed by atoms with Crippen molar-refractivity contribution in [3.63, 3.8) is 0 Å². The van der Waals surface area contributed by atoms with E-state index in [1.807, 2.05) is 18.2 Å². The Morgan fingerprint density at radius 3 is 1.90 bits per heavy atom. The quantitative estimate of drug-likeness (QED) is 0.0361. The second kappa shape index (κ2) is 16.5. The van der Waals surface area contributed by atoms with Gasteiger partial charge in [-0.1, -0.05) is 11.3 Å². The van der Waals surface area contributed by atoms with Gasteiger partial charge in [0.1, 0.15) is 28.6 Å². The van der Waals surface area contributed by atoms with E-state index in [1.54, 1.807) is 66.5 Å². The number of hydrogen-bond acceptors (Lipinski definition) is 11. The first-order valence-corrected chi connectivity index (χ1v) is 22.2. The fourth-order valence-corrected chi connectivity index (χ4v) is 10.2. The van der Waals surface area contributed by atoms with Crippen LogP contribution in [0.1, 0.15) is 55.3 Å². The maximum absolute atomic E-state index is 14.3. The van der Waals surface area contributed by atoms with Crippen LogP contribution in [0.3, 0.4) is 0 Å². The number of carbonyl (C=O) groups excluding carboxylic acids is 3. The number of anilines is 3. The van der Waals surface area contributed by atoms with Gasteiger partial charge in [-0.15, -0.1) is 10.2 Å². The first kappa shape index (κ1) is 42.7. The summed E-state index contributed by atoms with van der Waals surface area (Å²) >= 11 is 1.31. The highest BCUT2D eigenvalue weighted by Crippen LogP contribution is 2.43. The topological polar surface area (TPSA) is 158 Å². The summed E-state index contributed by atoms with van der Waals surface area (Å²) in [5.74, 6) is -13.8. The molecule has 3 aliphatic heterocycles. The Morgan fingerprint density at radius 2 is 1.25 bits per heavy atom. The highest BCUT2D eigenvalue weighted by atomic mass is 32.1. The molecule has 5 aromatic carbocycles. The number of methoxy groups -OCH3 is 2. The summed E-state index contributed by atoms with van der Waals surface area (Å²) in [6.07, 6.45) is 3.16. The average Bonchev–Trinajstić information content (AvgIpc) is 4.22. The van der Waals surface area contributed by atoms with Crippen molar-refractivity contribution < 1.29 is 50.5 Å². The number of thiazole rings is 1. The maximum Gasteiger partial charge on any atom is 0.360 e. The molecule has 3 aliphatic rings. The molecule has 1 fully saturated rings. The SMILES string of the molecule is COc1cc(N2CCCC2)c(OC)cc1/N=N/c1nc2ccc(C(=O)N3CCc4c3ccc3[nH]c(C(=O)N5CCc6c5ccc5[nH]c(C(=O)Oc7c(F)c(F)c(F)c(F)c7F)cc65)cc43)cc2s1. The molecule has 0 atom stereocenters. The van der Waals surface area contributed by atoms with Crippen molar-refractivity contribution in [1.29, 1.82) is 0 Å². The van der Waals surface area contributed by atoms with Gasteiger partial charge in [-0.25, -0.2) is 22.9 Å². The van der Waals surface area contributed by atoms with E-state index in [2.05, 4.69) is 34.8 Å². The van der Waals surface area contributed by atoms with Crippen LogP contribution in [-0.2, 0) is 12.8 Å². The van der Waals surface area contributed by atoms with Gasteiger partial charge in [0.25, 0.3) is 11.8 Å². The molecule has 6 heterocycles. The smallest absolute Gasteiger partial charge is 0.360 e. The van der Waals surface area contributed by atoms with Crippen molar-refractivity contribution in [2.75, 3.05) is 55.1 Å². The Bertz CT molecular complexity index is 3460. The lowest BCUT2D eigenvalue weighted by atomic mass is 10.1. The van der Waals surface area contributed by atoms with Crippen molar-refractivity contribution >= 4 is 89.0 Å². The molecule has 0 radical (unpaired) electrons. The zero-order valence-corrected chi connectivity index (χ0v) is 36.8. The van der Waals surface area contributed by atoms with E-state index in [0.717, 1.165) is 53.0 Å². The first-order valence-electron chi connectivity index (χ1n) is 21.4. The second-order valence-corrected chi connectivity index (χ2v) is 17.4. The van der Waals surface area contributed by atoms with Crippen molar-refractivity contribution in [2.45, 2.75) is 25.7 Å². The summed E-state index contributed by atoms with van der Waals surface area (Å²) in [5, 5.41) is 10.6. The third kappa shape index (κ3) is 6.96. The lowest BCUT2D eigenvalue weighted by Crippen LogP contribution is -2.29. The number of amides is 2. The molecule has 68 heavy (non-hydrogen) atoms. The number of rotatable bonds is 9. The summed E-state index contributed by atoms with van der Waals surface area (Å²) in [5.41, 5.74) is 6.60. The van der Waals surface area contributed by atoms with Gasteiger partial charge < -0.3 is 38.9 Å². The number of benzene rings is 5. The van der Waals surface area contributed by atoms with E-state index in [9.17, 15) is 36.3 Å². The number of H-pyrrole nitrogens is 2. The molecule has 0 spiro atoms. The predicted octanol–water partition coefficient (Wildman–Crippen LogP) is 10.6. The number of aromatic nitrogens is 3. The number of aromatic amines is 2. The number of carbonyl (C=O) groups is 3. The number of azo groups is 1. The maximum atomic E-state index is 14.3. The molecule has 1 saturated heterocycles. The molecule has 2 amide bonds. The molecule has 11 rings (SSSR count). The Hall–Kier alpha value is -7.87. The van der Waals surface area contributed by atoms with Crippen LogP contribution in [0.25, 0.3) is 32.0 Å². The molecular formula is C48H35F5N8O6S. The highest BCUT2D eigenvalue weighted by molar-refractivity contribution is 7.21. The zero-order chi connectivity index (χ0) is 47.1. The molecular weight excluding hydrogens is 912 g/mol. The van der Waals surface area contributed by atoms with Gasteiger partial charge in [0.2, 0.25) is 40.0 Å². The van der Waals surface area contributed by atoms with Gasteiger partial charge in [-0.3, -0.25) is 9.59 Å². The molecule has 344 valence electrons. The van der Waals surface area contributed by atoms with Gasteiger partial charge in [-0.2, -0.15) is 8.78 Å². The minimum atomic E-state index is -2.38. The van der Waals surface area contributed by atoms with Gasteiger partial charge in [0.15, 0.2) is 0 Å². The lowest BCUT2D eigenvalue weighted by Gasteiger charge is -2.21. The van der Waals surface area contributed by atoms with Crippen molar-refractivity contribution in [3.05, 3.63) is 124 Å². The molecule has 20 heteroatoms. The number of ether oxygens (including phenoxy) is 3. The van der Waals surface area contributed by atoms with Crippen LogP contribution in [0.4, 0.5) is 49.8 Å². The Morgan fingerprint density at radius 1 is 0.647 bits per heavy atom. The molecule has 14 nitrogen and oxygen atoms in total. The largest absolute Gasteiger partial charge is 0.494 e.